The Hall–Kier alpha value is -1.05. The molecule has 0 spiro atoms. The highest BCUT2D eigenvalue weighted by Gasteiger charge is 2.54. The highest BCUT2D eigenvalue weighted by molar-refractivity contribution is 5.91. The number of carbonyl (C=O) groups is 1. The second-order valence-electron chi connectivity index (χ2n) is 8.32. The molecule has 1 fully saturated rings. The molecule has 0 bridgehead atoms. The molecule has 6 atom stereocenters. The second kappa shape index (κ2) is 12.0. The van der Waals surface area contributed by atoms with E-state index >= 15 is 0 Å². The Balaban J connectivity index is 2.92. The lowest BCUT2D eigenvalue weighted by Crippen LogP contribution is -2.66. The molecule has 1 aliphatic heterocycles. The van der Waals surface area contributed by atoms with Crippen molar-refractivity contribution in [1.82, 2.24) is 0 Å². The van der Waals surface area contributed by atoms with Gasteiger partial charge < -0.3 is 24.1 Å². The zero-order chi connectivity index (χ0) is 22.2. The monoisotopic (exact) mass is 412 g/mol. The molecule has 0 aromatic heterocycles. The molecule has 0 aliphatic carbocycles. The van der Waals surface area contributed by atoms with Crippen molar-refractivity contribution in [3.63, 3.8) is 0 Å². The topological polar surface area (TPSA) is 74.2 Å². The number of aliphatic hydroxyl groups is 1. The van der Waals surface area contributed by atoms with Gasteiger partial charge in [-0.2, -0.15) is 0 Å². The molecule has 6 nitrogen and oxygen atoms in total. The third kappa shape index (κ3) is 7.00. The van der Waals surface area contributed by atoms with E-state index in [1.807, 2.05) is 33.8 Å². The molecule has 6 unspecified atom stereocenters. The smallest absolute Gasteiger partial charge is 0.197 e. The molecule has 0 aromatic rings. The normalized spacial score (nSPS) is 32.1. The van der Waals surface area contributed by atoms with Gasteiger partial charge in [-0.3, -0.25) is 4.79 Å². The first-order chi connectivity index (χ1) is 13.6. The molecule has 1 N–H and O–H groups in total. The minimum Gasteiger partial charge on any atom is -0.388 e. The van der Waals surface area contributed by atoms with Gasteiger partial charge in [0, 0.05) is 26.6 Å². The number of carbonyl (C=O) groups excluding carboxylic acids is 1. The Bertz CT molecular complexity index is 570. The van der Waals surface area contributed by atoms with Crippen LogP contribution in [0.2, 0.25) is 0 Å². The van der Waals surface area contributed by atoms with E-state index in [0.717, 1.165) is 12.0 Å². The number of methoxy groups -OCH3 is 2. The van der Waals surface area contributed by atoms with Crippen molar-refractivity contribution < 1.29 is 28.8 Å². The Morgan fingerprint density at radius 1 is 1.21 bits per heavy atom. The quantitative estimate of drug-likeness (QED) is 0.412. The van der Waals surface area contributed by atoms with Crippen molar-refractivity contribution in [3.8, 4) is 0 Å². The fraction of sp³-hybridized carbons (Fsp3) is 0.783. The van der Waals surface area contributed by atoms with Crippen LogP contribution in [0, 0.1) is 11.8 Å². The van der Waals surface area contributed by atoms with E-state index in [-0.39, 0.29) is 17.6 Å². The summed E-state index contributed by atoms with van der Waals surface area (Å²) in [5.74, 6) is -0.774. The number of allylic oxidation sites excluding steroid dienone is 3. The lowest BCUT2D eigenvalue weighted by atomic mass is 9.89. The maximum absolute atomic E-state index is 11.8. The van der Waals surface area contributed by atoms with E-state index in [4.69, 9.17) is 18.9 Å². The molecule has 1 rings (SSSR count). The Morgan fingerprint density at radius 3 is 2.38 bits per heavy atom. The van der Waals surface area contributed by atoms with E-state index in [9.17, 15) is 9.90 Å². The maximum Gasteiger partial charge on any atom is 0.197 e. The molecule has 6 heteroatoms. The molecule has 1 heterocycles. The van der Waals surface area contributed by atoms with E-state index < -0.39 is 30.2 Å². The minimum absolute atomic E-state index is 0.00536. The van der Waals surface area contributed by atoms with Crippen LogP contribution in [-0.4, -0.2) is 61.9 Å². The first-order valence-electron chi connectivity index (χ1n) is 10.6. The maximum atomic E-state index is 11.8. The molecule has 0 radical (unpaired) electrons. The minimum atomic E-state index is -0.984. The van der Waals surface area contributed by atoms with Gasteiger partial charge in [0.05, 0.1) is 12.7 Å². The highest BCUT2D eigenvalue weighted by atomic mass is 16.7. The van der Waals surface area contributed by atoms with Gasteiger partial charge in [0.1, 0.15) is 18.3 Å². The summed E-state index contributed by atoms with van der Waals surface area (Å²) < 4.78 is 23.7. The molecule has 1 saturated heterocycles. The first kappa shape index (κ1) is 26.0. The fourth-order valence-corrected chi connectivity index (χ4v) is 3.69. The highest BCUT2D eigenvalue weighted by Crippen LogP contribution is 2.38. The summed E-state index contributed by atoms with van der Waals surface area (Å²) in [6.07, 6.45) is 4.70. The van der Waals surface area contributed by atoms with Gasteiger partial charge in [-0.1, -0.05) is 51.8 Å². The van der Waals surface area contributed by atoms with E-state index in [1.54, 1.807) is 20.3 Å². The van der Waals surface area contributed by atoms with Gasteiger partial charge in [0.15, 0.2) is 11.6 Å². The van der Waals surface area contributed by atoms with Crippen LogP contribution < -0.4 is 0 Å². The number of rotatable bonds is 11. The van der Waals surface area contributed by atoms with Gasteiger partial charge in [-0.15, -0.1) is 0 Å². The predicted molar refractivity (Wildman–Crippen MR) is 114 cm³/mol. The van der Waals surface area contributed by atoms with Crippen molar-refractivity contribution >= 4 is 5.78 Å². The SMILES string of the molecule is CCCC1(OCC(C)C=C(C)C=CC(=O)C(C)C)OC(C)C(O)C(OC)C1OC. The summed E-state index contributed by atoms with van der Waals surface area (Å²) >= 11 is 0. The van der Waals surface area contributed by atoms with Crippen molar-refractivity contribution in [2.45, 2.75) is 84.6 Å². The van der Waals surface area contributed by atoms with Crippen LogP contribution in [0.4, 0.5) is 0 Å². The van der Waals surface area contributed by atoms with Crippen molar-refractivity contribution in [2.75, 3.05) is 20.8 Å². The van der Waals surface area contributed by atoms with Crippen molar-refractivity contribution in [1.29, 1.82) is 0 Å². The standard InChI is InChI=1S/C23H40O6/c1-9-12-23(22(27-8)21(26-7)20(25)18(6)29-23)28-14-17(5)13-16(4)10-11-19(24)15(2)3/h10-11,13,15,17-18,20-22,25H,9,12,14H2,1-8H3. The van der Waals surface area contributed by atoms with Gasteiger partial charge in [-0.25, -0.2) is 0 Å². The van der Waals surface area contributed by atoms with Crippen LogP contribution >= 0.6 is 0 Å². The molecule has 29 heavy (non-hydrogen) atoms. The summed E-state index contributed by atoms with van der Waals surface area (Å²) in [5, 5.41) is 10.4. The Morgan fingerprint density at radius 2 is 1.86 bits per heavy atom. The van der Waals surface area contributed by atoms with E-state index in [1.165, 1.54) is 0 Å². The summed E-state index contributed by atoms with van der Waals surface area (Å²) in [6, 6.07) is 0. The molecular weight excluding hydrogens is 372 g/mol. The zero-order valence-electron chi connectivity index (χ0n) is 19.3. The third-order valence-electron chi connectivity index (χ3n) is 5.28. The first-order valence-corrected chi connectivity index (χ1v) is 10.6. The van der Waals surface area contributed by atoms with E-state index in [0.29, 0.717) is 13.0 Å². The van der Waals surface area contributed by atoms with Crippen molar-refractivity contribution in [2.24, 2.45) is 11.8 Å². The predicted octanol–water partition coefficient (Wildman–Crippen LogP) is 3.67. The molecule has 0 saturated carbocycles. The molecule has 168 valence electrons. The average molecular weight is 413 g/mol. The molecule has 0 amide bonds. The average Bonchev–Trinajstić information content (AvgIpc) is 2.67. The summed E-state index contributed by atoms with van der Waals surface area (Å²) in [7, 11) is 3.15. The second-order valence-corrected chi connectivity index (χ2v) is 8.32. The number of ketones is 1. The molecule has 0 aromatic carbocycles. The molecule has 1 aliphatic rings. The lowest BCUT2D eigenvalue weighted by molar-refractivity contribution is -0.368. The van der Waals surface area contributed by atoms with Crippen LogP contribution in [0.25, 0.3) is 0 Å². The van der Waals surface area contributed by atoms with Gasteiger partial charge in [-0.05, 0) is 25.8 Å². The zero-order valence-corrected chi connectivity index (χ0v) is 19.3. The number of aliphatic hydroxyl groups excluding tert-OH is 1. The third-order valence-corrected chi connectivity index (χ3v) is 5.28. The van der Waals surface area contributed by atoms with Gasteiger partial charge in [0.25, 0.3) is 0 Å². The van der Waals surface area contributed by atoms with Crippen LogP contribution in [-0.2, 0) is 23.7 Å². The lowest BCUT2D eigenvalue weighted by Gasteiger charge is -2.50. The molecular formula is C23H40O6. The van der Waals surface area contributed by atoms with Crippen LogP contribution in [0.3, 0.4) is 0 Å². The van der Waals surface area contributed by atoms with Crippen LogP contribution in [0.15, 0.2) is 23.8 Å². The van der Waals surface area contributed by atoms with Gasteiger partial charge >= 0.3 is 0 Å². The number of hydrogen-bond acceptors (Lipinski definition) is 6. The Kier molecular flexibility index (Phi) is 10.7. The van der Waals surface area contributed by atoms with E-state index in [2.05, 4.69) is 19.9 Å². The van der Waals surface area contributed by atoms with Crippen LogP contribution in [0.5, 0.6) is 0 Å². The summed E-state index contributed by atoms with van der Waals surface area (Å²) in [4.78, 5) is 11.8. The van der Waals surface area contributed by atoms with Crippen LogP contribution in [0.1, 0.15) is 54.4 Å². The largest absolute Gasteiger partial charge is 0.388 e. The number of hydrogen-bond donors (Lipinski definition) is 1. The Labute approximate surface area is 176 Å². The van der Waals surface area contributed by atoms with Gasteiger partial charge in [0.2, 0.25) is 0 Å². The summed E-state index contributed by atoms with van der Waals surface area (Å²) in [5.41, 5.74) is 1.01. The summed E-state index contributed by atoms with van der Waals surface area (Å²) in [6.45, 7) is 12.1. The van der Waals surface area contributed by atoms with Crippen molar-refractivity contribution in [3.05, 3.63) is 23.8 Å². The fourth-order valence-electron chi connectivity index (χ4n) is 3.69. The number of ether oxygens (including phenoxy) is 4.